The number of aromatic nitrogens is 5. The van der Waals surface area contributed by atoms with E-state index in [4.69, 9.17) is 31.4 Å². The second kappa shape index (κ2) is 7.24. The van der Waals surface area contributed by atoms with Crippen LogP contribution in [0, 0.1) is 6.92 Å². The molecule has 0 saturated carbocycles. The Morgan fingerprint density at radius 3 is 2.55 bits per heavy atom. The molecular weight excluding hydrogens is 388 g/mol. The third-order valence-electron chi connectivity index (χ3n) is 5.44. The summed E-state index contributed by atoms with van der Waals surface area (Å²) in [5, 5.41) is 5.27. The molecule has 148 valence electrons. The van der Waals surface area contributed by atoms with Crippen molar-refractivity contribution in [3.8, 4) is 11.4 Å². The smallest absolute Gasteiger partial charge is 0.228 e. The van der Waals surface area contributed by atoms with Crippen molar-refractivity contribution in [2.75, 3.05) is 25.2 Å². The van der Waals surface area contributed by atoms with Crippen LogP contribution >= 0.6 is 11.6 Å². The van der Waals surface area contributed by atoms with Gasteiger partial charge in [0.15, 0.2) is 0 Å². The normalized spacial score (nSPS) is 15.3. The van der Waals surface area contributed by atoms with Gasteiger partial charge in [-0.25, -0.2) is 15.0 Å². The van der Waals surface area contributed by atoms with Gasteiger partial charge in [0.2, 0.25) is 5.95 Å². The maximum absolute atomic E-state index is 6.34. The molecule has 0 spiro atoms. The van der Waals surface area contributed by atoms with Gasteiger partial charge in [0.1, 0.15) is 16.5 Å². The minimum absolute atomic E-state index is 0.341. The molecule has 1 aliphatic heterocycles. The van der Waals surface area contributed by atoms with Gasteiger partial charge >= 0.3 is 0 Å². The number of hydrogen-bond acceptors (Lipinski definition) is 6. The Labute approximate surface area is 173 Å². The van der Waals surface area contributed by atoms with E-state index >= 15 is 0 Å². The number of para-hydroxylation sites is 2. The lowest BCUT2D eigenvalue weighted by Crippen LogP contribution is -2.38. The number of benzene rings is 1. The van der Waals surface area contributed by atoms with Gasteiger partial charge in [0.25, 0.3) is 0 Å². The molecule has 4 heterocycles. The van der Waals surface area contributed by atoms with Gasteiger partial charge in [-0.05, 0) is 38.0 Å². The highest BCUT2D eigenvalue weighted by atomic mass is 35.5. The van der Waals surface area contributed by atoms with Gasteiger partial charge in [-0.2, -0.15) is 9.61 Å². The fourth-order valence-corrected chi connectivity index (χ4v) is 4.05. The quantitative estimate of drug-likeness (QED) is 0.478. The Hall–Kier alpha value is -2.77. The topological polar surface area (TPSA) is 68.4 Å². The zero-order valence-electron chi connectivity index (χ0n) is 16.3. The molecular formula is C21H21ClN6O. The fourth-order valence-electron chi connectivity index (χ4n) is 3.87. The molecule has 0 aliphatic carbocycles. The Bertz CT molecular complexity index is 1200. The number of aryl methyl sites for hydroxylation is 1. The van der Waals surface area contributed by atoms with E-state index in [9.17, 15) is 0 Å². The van der Waals surface area contributed by atoms with Crippen LogP contribution in [0.5, 0.6) is 0 Å². The second-order valence-corrected chi connectivity index (χ2v) is 7.73. The molecule has 0 radical (unpaired) electrons. The van der Waals surface area contributed by atoms with Gasteiger partial charge in [-0.3, -0.25) is 0 Å². The van der Waals surface area contributed by atoms with Crippen molar-refractivity contribution in [3.63, 3.8) is 0 Å². The molecule has 7 nitrogen and oxygen atoms in total. The van der Waals surface area contributed by atoms with Gasteiger partial charge in [0, 0.05) is 32.4 Å². The van der Waals surface area contributed by atoms with Crippen molar-refractivity contribution in [3.05, 3.63) is 47.2 Å². The Morgan fingerprint density at radius 2 is 1.79 bits per heavy atom. The first-order valence-corrected chi connectivity index (χ1v) is 10.1. The number of anilines is 1. The predicted molar refractivity (Wildman–Crippen MR) is 114 cm³/mol. The van der Waals surface area contributed by atoms with Crippen LogP contribution in [0.3, 0.4) is 0 Å². The van der Waals surface area contributed by atoms with E-state index in [0.29, 0.717) is 11.2 Å². The summed E-state index contributed by atoms with van der Waals surface area (Å²) < 4.78 is 7.34. The van der Waals surface area contributed by atoms with Crippen LogP contribution in [0.2, 0.25) is 5.15 Å². The molecule has 1 aliphatic rings. The molecule has 8 heteroatoms. The molecule has 0 N–H and O–H groups in total. The van der Waals surface area contributed by atoms with Crippen molar-refractivity contribution < 1.29 is 4.74 Å². The lowest BCUT2D eigenvalue weighted by Gasteiger charge is -2.31. The third kappa shape index (κ3) is 3.30. The largest absolute Gasteiger partial charge is 0.381 e. The van der Waals surface area contributed by atoms with Gasteiger partial charge in [0.05, 0.1) is 22.2 Å². The molecule has 1 saturated heterocycles. The highest BCUT2D eigenvalue weighted by Gasteiger charge is 2.23. The Morgan fingerprint density at radius 1 is 1.07 bits per heavy atom. The number of fused-ring (bicyclic) bond motifs is 2. The van der Waals surface area contributed by atoms with Crippen LogP contribution in [0.1, 0.15) is 18.5 Å². The highest BCUT2D eigenvalue weighted by Crippen LogP contribution is 2.28. The predicted octanol–water partition coefficient (Wildman–Crippen LogP) is 3.92. The van der Waals surface area contributed by atoms with Crippen molar-refractivity contribution in [2.45, 2.75) is 25.8 Å². The summed E-state index contributed by atoms with van der Waals surface area (Å²) in [4.78, 5) is 16.2. The summed E-state index contributed by atoms with van der Waals surface area (Å²) in [6.07, 6.45) is 1.91. The molecule has 5 rings (SSSR count). The monoisotopic (exact) mass is 408 g/mol. The van der Waals surface area contributed by atoms with Gasteiger partial charge in [-0.15, -0.1) is 0 Å². The van der Waals surface area contributed by atoms with E-state index in [-0.39, 0.29) is 0 Å². The number of nitrogens with zero attached hydrogens (tertiary/aromatic N) is 6. The molecule has 1 aromatic carbocycles. The summed E-state index contributed by atoms with van der Waals surface area (Å²) in [5.74, 6) is 0.719. The molecule has 1 fully saturated rings. The molecule has 0 bridgehead atoms. The molecule has 29 heavy (non-hydrogen) atoms. The van der Waals surface area contributed by atoms with E-state index in [2.05, 4.69) is 9.88 Å². The van der Waals surface area contributed by atoms with Crippen molar-refractivity contribution in [1.82, 2.24) is 24.6 Å². The minimum Gasteiger partial charge on any atom is -0.381 e. The number of hydrogen-bond donors (Lipinski definition) is 0. The van der Waals surface area contributed by atoms with Gasteiger partial charge in [-0.1, -0.05) is 23.7 Å². The van der Waals surface area contributed by atoms with E-state index in [1.807, 2.05) is 54.9 Å². The SMILES string of the molecule is Cc1nc2ccccc2nc1-c1cc2cc(Cl)nc(N(C)C3CCOCC3)n2n1. The maximum Gasteiger partial charge on any atom is 0.228 e. The number of rotatable bonds is 3. The molecule has 0 unspecified atom stereocenters. The third-order valence-corrected chi connectivity index (χ3v) is 5.64. The number of halogens is 1. The van der Waals surface area contributed by atoms with Crippen molar-refractivity contribution in [2.24, 2.45) is 0 Å². The van der Waals surface area contributed by atoms with E-state index < -0.39 is 0 Å². The summed E-state index contributed by atoms with van der Waals surface area (Å²) in [6, 6.07) is 12.0. The molecule has 0 atom stereocenters. The van der Waals surface area contributed by atoms with Crippen LogP contribution in [0.25, 0.3) is 27.9 Å². The van der Waals surface area contributed by atoms with Crippen molar-refractivity contribution in [1.29, 1.82) is 0 Å². The molecule has 4 aromatic rings. The average molecular weight is 409 g/mol. The van der Waals surface area contributed by atoms with Gasteiger partial charge < -0.3 is 9.64 Å². The van der Waals surface area contributed by atoms with Crippen LogP contribution in [-0.4, -0.2) is 50.9 Å². The zero-order chi connectivity index (χ0) is 20.0. The summed E-state index contributed by atoms with van der Waals surface area (Å²) in [7, 11) is 2.04. The lowest BCUT2D eigenvalue weighted by atomic mass is 10.1. The van der Waals surface area contributed by atoms with Crippen molar-refractivity contribution >= 4 is 34.1 Å². The first kappa shape index (κ1) is 18.3. The first-order chi connectivity index (χ1) is 14.1. The Kier molecular flexibility index (Phi) is 4.56. The molecule has 3 aromatic heterocycles. The molecule has 0 amide bonds. The lowest BCUT2D eigenvalue weighted by molar-refractivity contribution is 0.0851. The van der Waals surface area contributed by atoms with Crippen LogP contribution < -0.4 is 4.90 Å². The average Bonchev–Trinajstić information content (AvgIpc) is 3.16. The summed E-state index contributed by atoms with van der Waals surface area (Å²) in [5.41, 5.74) is 4.96. The minimum atomic E-state index is 0.341. The maximum atomic E-state index is 6.34. The standard InChI is InChI=1S/C21H21ClN6O/c1-13-20(24-17-6-4-3-5-16(17)23-13)18-11-15-12-19(22)25-21(28(15)26-18)27(2)14-7-9-29-10-8-14/h3-6,11-12,14H,7-10H2,1-2H3. The second-order valence-electron chi connectivity index (χ2n) is 7.35. The van der Waals surface area contributed by atoms with E-state index in [0.717, 1.165) is 65.6 Å². The van der Waals surface area contributed by atoms with E-state index in [1.165, 1.54) is 0 Å². The van der Waals surface area contributed by atoms with Crippen LogP contribution in [0.4, 0.5) is 5.95 Å². The summed E-state index contributed by atoms with van der Waals surface area (Å²) >= 11 is 6.34. The summed E-state index contributed by atoms with van der Waals surface area (Å²) in [6.45, 7) is 3.48. The fraction of sp³-hybridized carbons (Fsp3) is 0.333. The van der Waals surface area contributed by atoms with Crippen LogP contribution in [-0.2, 0) is 4.74 Å². The highest BCUT2D eigenvalue weighted by molar-refractivity contribution is 6.29. The Balaban J connectivity index is 1.63. The zero-order valence-corrected chi connectivity index (χ0v) is 17.1. The first-order valence-electron chi connectivity index (χ1n) is 9.71. The van der Waals surface area contributed by atoms with E-state index in [1.54, 1.807) is 0 Å². The van der Waals surface area contributed by atoms with Crippen LogP contribution in [0.15, 0.2) is 36.4 Å². The number of ether oxygens (including phenoxy) is 1.